The number of benzene rings is 1. The predicted octanol–water partition coefficient (Wildman–Crippen LogP) is 2.80. The van der Waals surface area contributed by atoms with E-state index >= 15 is 0 Å². The van der Waals surface area contributed by atoms with Crippen LogP contribution in [0.15, 0.2) is 48.7 Å². The van der Waals surface area contributed by atoms with Crippen LogP contribution in [0, 0.1) is 0 Å². The first kappa shape index (κ1) is 17.0. The fraction of sp³-hybridized carbons (Fsp3) is 0.333. The summed E-state index contributed by atoms with van der Waals surface area (Å²) in [5.74, 6) is -0.0835. The summed E-state index contributed by atoms with van der Waals surface area (Å²) in [5.41, 5.74) is 2.45. The highest BCUT2D eigenvalue weighted by molar-refractivity contribution is 5.92. The molecule has 1 heterocycles. The zero-order valence-electron chi connectivity index (χ0n) is 13.7. The quantitative estimate of drug-likeness (QED) is 0.761. The van der Waals surface area contributed by atoms with Crippen molar-refractivity contribution >= 4 is 11.6 Å². The van der Waals surface area contributed by atoms with E-state index in [1.807, 2.05) is 36.4 Å². The average Bonchev–Trinajstić information content (AvgIpc) is 2.59. The van der Waals surface area contributed by atoms with E-state index in [1.165, 1.54) is 0 Å². The molecular formula is C18H23N3O2. The third-order valence-corrected chi connectivity index (χ3v) is 3.45. The number of pyridine rings is 1. The number of nitrogens with one attached hydrogen (secondary N) is 1. The molecule has 1 N–H and O–H groups in total. The molecule has 0 fully saturated rings. The molecule has 5 nitrogen and oxygen atoms in total. The minimum atomic E-state index is -0.0835. The van der Waals surface area contributed by atoms with Crippen molar-refractivity contribution in [1.82, 2.24) is 9.88 Å². The van der Waals surface area contributed by atoms with Gasteiger partial charge in [-0.05, 0) is 24.1 Å². The summed E-state index contributed by atoms with van der Waals surface area (Å²) in [5, 5.41) is 3.25. The number of methoxy groups -OCH3 is 1. The molecule has 23 heavy (non-hydrogen) atoms. The van der Waals surface area contributed by atoms with Gasteiger partial charge in [0.2, 0.25) is 0 Å². The van der Waals surface area contributed by atoms with Crippen LogP contribution in [0.2, 0.25) is 0 Å². The molecule has 1 amide bonds. The van der Waals surface area contributed by atoms with Gasteiger partial charge in [0.1, 0.15) is 5.69 Å². The van der Waals surface area contributed by atoms with Crippen LogP contribution in [0.4, 0.5) is 5.69 Å². The van der Waals surface area contributed by atoms with Crippen LogP contribution in [0.5, 0.6) is 0 Å². The maximum atomic E-state index is 12.4. The summed E-state index contributed by atoms with van der Waals surface area (Å²) < 4.78 is 5.00. The Kier molecular flexibility index (Phi) is 6.56. The molecule has 5 heteroatoms. The van der Waals surface area contributed by atoms with Crippen molar-refractivity contribution in [3.63, 3.8) is 0 Å². The van der Waals surface area contributed by atoms with Crippen LogP contribution in [-0.4, -0.2) is 43.1 Å². The number of anilines is 1. The van der Waals surface area contributed by atoms with Gasteiger partial charge in [0.15, 0.2) is 0 Å². The number of rotatable bonds is 8. The minimum absolute atomic E-state index is 0.0835. The Balaban J connectivity index is 1.89. The summed E-state index contributed by atoms with van der Waals surface area (Å²) in [6.07, 6.45) is 2.62. The third-order valence-electron chi connectivity index (χ3n) is 3.45. The summed E-state index contributed by atoms with van der Waals surface area (Å²) in [6, 6.07) is 13.5. The first-order chi connectivity index (χ1) is 11.2. The fourth-order valence-corrected chi connectivity index (χ4v) is 2.20. The molecule has 0 bridgehead atoms. The zero-order valence-corrected chi connectivity index (χ0v) is 13.7. The van der Waals surface area contributed by atoms with Crippen molar-refractivity contribution in [2.24, 2.45) is 0 Å². The summed E-state index contributed by atoms with van der Waals surface area (Å²) in [7, 11) is 3.47. The van der Waals surface area contributed by atoms with Gasteiger partial charge in [0.05, 0.1) is 11.9 Å². The number of hydrogen-bond donors (Lipinski definition) is 1. The zero-order chi connectivity index (χ0) is 16.5. The molecule has 0 spiro atoms. The van der Waals surface area contributed by atoms with E-state index in [4.69, 9.17) is 4.74 Å². The van der Waals surface area contributed by atoms with E-state index in [1.54, 1.807) is 31.3 Å². The number of hydrogen-bond acceptors (Lipinski definition) is 4. The second-order valence-corrected chi connectivity index (χ2v) is 5.35. The number of nitrogens with zero attached hydrogens (tertiary/aromatic N) is 2. The Morgan fingerprint density at radius 2 is 2.00 bits per heavy atom. The van der Waals surface area contributed by atoms with Crippen molar-refractivity contribution in [2.45, 2.75) is 13.0 Å². The highest BCUT2D eigenvalue weighted by atomic mass is 16.5. The van der Waals surface area contributed by atoms with Crippen LogP contribution < -0.4 is 5.32 Å². The molecule has 122 valence electrons. The van der Waals surface area contributed by atoms with Crippen molar-refractivity contribution in [1.29, 1.82) is 0 Å². The summed E-state index contributed by atoms with van der Waals surface area (Å²) in [6.45, 7) is 2.11. The van der Waals surface area contributed by atoms with Crippen LogP contribution >= 0.6 is 0 Å². The van der Waals surface area contributed by atoms with Gasteiger partial charge in [0.25, 0.3) is 5.91 Å². The summed E-state index contributed by atoms with van der Waals surface area (Å²) >= 11 is 0. The number of carbonyl (C=O) groups excluding carboxylic acids is 1. The molecule has 0 saturated carbocycles. The maximum Gasteiger partial charge on any atom is 0.272 e. The van der Waals surface area contributed by atoms with Gasteiger partial charge >= 0.3 is 0 Å². The molecule has 0 aliphatic rings. The van der Waals surface area contributed by atoms with E-state index in [0.29, 0.717) is 12.2 Å². The van der Waals surface area contributed by atoms with Gasteiger partial charge in [-0.1, -0.05) is 30.3 Å². The smallest absolute Gasteiger partial charge is 0.272 e. The van der Waals surface area contributed by atoms with E-state index in [0.717, 1.165) is 30.8 Å². The van der Waals surface area contributed by atoms with Gasteiger partial charge in [-0.3, -0.25) is 4.79 Å². The number of ether oxygens (including phenoxy) is 1. The lowest BCUT2D eigenvalue weighted by Gasteiger charge is -2.17. The van der Waals surface area contributed by atoms with E-state index < -0.39 is 0 Å². The Morgan fingerprint density at radius 3 is 2.65 bits per heavy atom. The normalized spacial score (nSPS) is 10.3. The monoisotopic (exact) mass is 313 g/mol. The molecule has 0 radical (unpaired) electrons. The predicted molar refractivity (Wildman–Crippen MR) is 91.5 cm³/mol. The highest BCUT2D eigenvalue weighted by Crippen LogP contribution is 2.10. The lowest BCUT2D eigenvalue weighted by molar-refractivity contribution is 0.0779. The first-order valence-electron chi connectivity index (χ1n) is 7.69. The lowest BCUT2D eigenvalue weighted by atomic mass is 10.2. The SMILES string of the molecule is COCCCNc1ccc(C(=O)N(C)Cc2ccccc2)nc1. The first-order valence-corrected chi connectivity index (χ1v) is 7.69. The molecule has 1 aromatic heterocycles. The van der Waals surface area contributed by atoms with Crippen LogP contribution in [0.25, 0.3) is 0 Å². The van der Waals surface area contributed by atoms with Gasteiger partial charge < -0.3 is 15.0 Å². The minimum Gasteiger partial charge on any atom is -0.385 e. The standard InChI is InChI=1S/C18H23N3O2/c1-21(14-15-7-4-3-5-8-15)18(22)17-10-9-16(13-20-17)19-11-6-12-23-2/h3-5,7-10,13,19H,6,11-12,14H2,1-2H3. The largest absolute Gasteiger partial charge is 0.385 e. The van der Waals surface area contributed by atoms with Gasteiger partial charge in [-0.2, -0.15) is 0 Å². The third kappa shape index (κ3) is 5.38. The highest BCUT2D eigenvalue weighted by Gasteiger charge is 2.13. The van der Waals surface area contributed by atoms with Gasteiger partial charge in [-0.25, -0.2) is 4.98 Å². The van der Waals surface area contributed by atoms with E-state index in [2.05, 4.69) is 10.3 Å². The van der Waals surface area contributed by atoms with Crippen LogP contribution in [-0.2, 0) is 11.3 Å². The van der Waals surface area contributed by atoms with Crippen LogP contribution in [0.3, 0.4) is 0 Å². The van der Waals surface area contributed by atoms with Gasteiger partial charge in [0, 0.05) is 33.9 Å². The molecule has 0 aliphatic carbocycles. The molecular weight excluding hydrogens is 290 g/mol. The fourth-order valence-electron chi connectivity index (χ4n) is 2.20. The number of carbonyl (C=O) groups is 1. The van der Waals surface area contributed by atoms with Crippen molar-refractivity contribution in [3.05, 3.63) is 59.9 Å². The average molecular weight is 313 g/mol. The molecule has 0 saturated heterocycles. The Labute approximate surface area is 137 Å². The topological polar surface area (TPSA) is 54.5 Å². The van der Waals surface area contributed by atoms with E-state index in [9.17, 15) is 4.79 Å². The van der Waals surface area contributed by atoms with Crippen molar-refractivity contribution in [3.8, 4) is 0 Å². The molecule has 0 aliphatic heterocycles. The Hall–Kier alpha value is -2.40. The lowest BCUT2D eigenvalue weighted by Crippen LogP contribution is -2.27. The van der Waals surface area contributed by atoms with Crippen LogP contribution in [0.1, 0.15) is 22.5 Å². The Morgan fingerprint density at radius 1 is 1.22 bits per heavy atom. The van der Waals surface area contributed by atoms with Crippen molar-refractivity contribution in [2.75, 3.05) is 32.6 Å². The molecule has 2 aromatic rings. The second-order valence-electron chi connectivity index (χ2n) is 5.35. The number of amides is 1. The van der Waals surface area contributed by atoms with E-state index in [-0.39, 0.29) is 5.91 Å². The summed E-state index contributed by atoms with van der Waals surface area (Å²) in [4.78, 5) is 18.3. The maximum absolute atomic E-state index is 12.4. The second kappa shape index (κ2) is 8.90. The molecule has 0 atom stereocenters. The molecule has 1 aromatic carbocycles. The molecule has 0 unspecified atom stereocenters. The van der Waals surface area contributed by atoms with Gasteiger partial charge in [-0.15, -0.1) is 0 Å². The Bertz CT molecular complexity index is 599. The number of aromatic nitrogens is 1. The molecule has 2 rings (SSSR count). The van der Waals surface area contributed by atoms with Crippen molar-refractivity contribution < 1.29 is 9.53 Å².